The van der Waals surface area contributed by atoms with Gasteiger partial charge in [0, 0.05) is 6.54 Å². The molecule has 1 fully saturated rings. The molecule has 2 aliphatic rings. The largest absolute Gasteiger partial charge is 0.450 e. The number of halogens is 1. The monoisotopic (exact) mass is 454 g/mol. The standard InChI is InChI=1S/C25H27FN2O5/c1-2-32-25(31)27(14-17-10-12-18(26)13-11-17)15-19-6-5-7-20(33-19)16-28-23(29)21-8-3-4-9-22(21)24(28)30/h3-4,8-13,19-20H,2,5-7,14-16H2,1H3. The summed E-state index contributed by atoms with van der Waals surface area (Å²) in [5.74, 6) is -0.940. The molecule has 0 aliphatic carbocycles. The minimum atomic E-state index is -0.465. The van der Waals surface area contributed by atoms with Gasteiger partial charge >= 0.3 is 6.09 Å². The summed E-state index contributed by atoms with van der Waals surface area (Å²) in [5.41, 5.74) is 1.62. The van der Waals surface area contributed by atoms with E-state index in [0.29, 0.717) is 17.7 Å². The number of hydrogen-bond donors (Lipinski definition) is 0. The van der Waals surface area contributed by atoms with Gasteiger partial charge in [-0.25, -0.2) is 9.18 Å². The van der Waals surface area contributed by atoms with E-state index >= 15 is 0 Å². The molecule has 0 bridgehead atoms. The van der Waals surface area contributed by atoms with E-state index in [2.05, 4.69) is 0 Å². The molecule has 33 heavy (non-hydrogen) atoms. The van der Waals surface area contributed by atoms with E-state index in [0.717, 1.165) is 24.8 Å². The van der Waals surface area contributed by atoms with E-state index in [4.69, 9.17) is 9.47 Å². The van der Waals surface area contributed by atoms with Gasteiger partial charge in [-0.3, -0.25) is 14.5 Å². The van der Waals surface area contributed by atoms with Crippen LogP contribution < -0.4 is 0 Å². The molecule has 7 nitrogen and oxygen atoms in total. The molecule has 174 valence electrons. The third-order valence-corrected chi connectivity index (χ3v) is 5.94. The SMILES string of the molecule is CCOC(=O)N(Cc1ccc(F)cc1)CC1CCCC(CN2C(=O)c3ccccc3C2=O)O1. The first-order chi connectivity index (χ1) is 16.0. The van der Waals surface area contributed by atoms with Crippen LogP contribution in [0.3, 0.4) is 0 Å². The topological polar surface area (TPSA) is 76.2 Å². The summed E-state index contributed by atoms with van der Waals surface area (Å²) in [6.45, 7) is 2.73. The predicted molar refractivity (Wildman–Crippen MR) is 118 cm³/mol. The Hall–Kier alpha value is -3.26. The highest BCUT2D eigenvalue weighted by Gasteiger charge is 2.38. The molecule has 8 heteroatoms. The second-order valence-corrected chi connectivity index (χ2v) is 8.28. The maximum absolute atomic E-state index is 13.3. The van der Waals surface area contributed by atoms with E-state index in [1.54, 1.807) is 48.2 Å². The van der Waals surface area contributed by atoms with Crippen LogP contribution in [0.4, 0.5) is 9.18 Å². The van der Waals surface area contributed by atoms with E-state index < -0.39 is 6.09 Å². The molecule has 2 heterocycles. The van der Waals surface area contributed by atoms with Crippen molar-refractivity contribution in [2.45, 2.75) is 44.9 Å². The number of benzene rings is 2. The Balaban J connectivity index is 1.40. The number of amides is 3. The molecule has 3 amide bonds. The van der Waals surface area contributed by atoms with Gasteiger partial charge in [-0.05, 0) is 56.0 Å². The van der Waals surface area contributed by atoms with Crippen LogP contribution in [0.25, 0.3) is 0 Å². The highest BCUT2D eigenvalue weighted by Crippen LogP contribution is 2.26. The summed E-state index contributed by atoms with van der Waals surface area (Å²) in [6, 6.07) is 12.8. The van der Waals surface area contributed by atoms with Crippen molar-refractivity contribution >= 4 is 17.9 Å². The Bertz CT molecular complexity index is 991. The van der Waals surface area contributed by atoms with Crippen LogP contribution in [0.1, 0.15) is 52.5 Å². The van der Waals surface area contributed by atoms with Crippen LogP contribution in [-0.4, -0.2) is 59.6 Å². The Labute approximate surface area is 192 Å². The summed E-state index contributed by atoms with van der Waals surface area (Å²) < 4.78 is 24.7. The van der Waals surface area contributed by atoms with E-state index in [1.165, 1.54) is 17.0 Å². The molecule has 4 rings (SSSR count). The number of hydrogen-bond acceptors (Lipinski definition) is 5. The first-order valence-corrected chi connectivity index (χ1v) is 11.2. The van der Waals surface area contributed by atoms with Crippen molar-refractivity contribution in [2.75, 3.05) is 19.7 Å². The van der Waals surface area contributed by atoms with Crippen LogP contribution in [0.5, 0.6) is 0 Å². The number of rotatable bonds is 7. The zero-order valence-electron chi connectivity index (χ0n) is 18.5. The lowest BCUT2D eigenvalue weighted by Gasteiger charge is -2.34. The van der Waals surface area contributed by atoms with Gasteiger partial charge in [0.25, 0.3) is 11.8 Å². The number of fused-ring (bicyclic) bond motifs is 1. The van der Waals surface area contributed by atoms with Crippen molar-refractivity contribution in [1.82, 2.24) is 9.80 Å². The average Bonchev–Trinajstić information content (AvgIpc) is 3.05. The van der Waals surface area contributed by atoms with Gasteiger partial charge in [-0.1, -0.05) is 24.3 Å². The molecular weight excluding hydrogens is 427 g/mol. The van der Waals surface area contributed by atoms with Crippen LogP contribution in [-0.2, 0) is 16.0 Å². The maximum atomic E-state index is 13.3. The van der Waals surface area contributed by atoms with Crippen molar-refractivity contribution in [3.63, 3.8) is 0 Å². The fourth-order valence-corrected chi connectivity index (χ4v) is 4.33. The maximum Gasteiger partial charge on any atom is 0.410 e. The highest BCUT2D eigenvalue weighted by molar-refractivity contribution is 6.21. The number of ether oxygens (including phenoxy) is 2. The summed E-state index contributed by atoms with van der Waals surface area (Å²) in [6.07, 6.45) is 1.29. The minimum absolute atomic E-state index is 0.181. The van der Waals surface area contributed by atoms with Crippen molar-refractivity contribution in [3.05, 3.63) is 71.0 Å². The fraction of sp³-hybridized carbons (Fsp3) is 0.400. The van der Waals surface area contributed by atoms with Gasteiger partial charge in [0.05, 0.1) is 43.0 Å². The normalized spacial score (nSPS) is 20.0. The van der Waals surface area contributed by atoms with E-state index in [9.17, 15) is 18.8 Å². The molecule has 2 aromatic carbocycles. The summed E-state index contributed by atoms with van der Waals surface area (Å²) in [4.78, 5) is 40.7. The lowest BCUT2D eigenvalue weighted by Crippen LogP contribution is -2.45. The molecule has 0 radical (unpaired) electrons. The molecule has 0 aromatic heterocycles. The first kappa shape index (κ1) is 22.9. The average molecular weight is 454 g/mol. The van der Waals surface area contributed by atoms with Crippen LogP contribution in [0.2, 0.25) is 0 Å². The predicted octanol–water partition coefficient (Wildman–Crippen LogP) is 4.02. The van der Waals surface area contributed by atoms with Gasteiger partial charge in [0.2, 0.25) is 0 Å². The van der Waals surface area contributed by atoms with Crippen LogP contribution in [0.15, 0.2) is 48.5 Å². The number of imide groups is 1. The lowest BCUT2D eigenvalue weighted by molar-refractivity contribution is -0.0680. The molecular formula is C25H27FN2O5. The van der Waals surface area contributed by atoms with Gasteiger partial charge in [-0.2, -0.15) is 0 Å². The number of carbonyl (C=O) groups is 3. The van der Waals surface area contributed by atoms with E-state index in [-0.39, 0.29) is 49.5 Å². The van der Waals surface area contributed by atoms with Crippen molar-refractivity contribution < 1.29 is 28.2 Å². The zero-order valence-corrected chi connectivity index (χ0v) is 18.5. The third-order valence-electron chi connectivity index (χ3n) is 5.94. The highest BCUT2D eigenvalue weighted by atomic mass is 19.1. The van der Waals surface area contributed by atoms with Crippen molar-refractivity contribution in [3.8, 4) is 0 Å². The minimum Gasteiger partial charge on any atom is -0.450 e. The van der Waals surface area contributed by atoms with Crippen LogP contribution >= 0.6 is 0 Å². The molecule has 1 saturated heterocycles. The molecule has 2 aliphatic heterocycles. The van der Waals surface area contributed by atoms with Gasteiger partial charge in [-0.15, -0.1) is 0 Å². The number of carbonyl (C=O) groups excluding carboxylic acids is 3. The van der Waals surface area contributed by atoms with Crippen LogP contribution in [0, 0.1) is 5.82 Å². The fourth-order valence-electron chi connectivity index (χ4n) is 4.33. The quantitative estimate of drug-likeness (QED) is 0.591. The Morgan fingerprint density at radius 3 is 2.33 bits per heavy atom. The lowest BCUT2D eigenvalue weighted by atomic mass is 10.0. The zero-order chi connectivity index (χ0) is 23.4. The second-order valence-electron chi connectivity index (χ2n) is 8.28. The second kappa shape index (κ2) is 10.1. The first-order valence-electron chi connectivity index (χ1n) is 11.2. The van der Waals surface area contributed by atoms with Gasteiger partial charge in [0.15, 0.2) is 0 Å². The summed E-state index contributed by atoms with van der Waals surface area (Å²) in [7, 11) is 0. The van der Waals surface area contributed by atoms with Crippen molar-refractivity contribution in [1.29, 1.82) is 0 Å². The smallest absolute Gasteiger partial charge is 0.410 e. The molecule has 0 N–H and O–H groups in total. The van der Waals surface area contributed by atoms with Gasteiger partial charge in [0.1, 0.15) is 5.82 Å². The van der Waals surface area contributed by atoms with E-state index in [1.807, 2.05) is 0 Å². The van der Waals surface area contributed by atoms with Gasteiger partial charge < -0.3 is 14.4 Å². The molecule has 0 saturated carbocycles. The Kier molecular flexibility index (Phi) is 7.03. The Morgan fingerprint density at radius 2 is 1.70 bits per heavy atom. The Morgan fingerprint density at radius 1 is 1.06 bits per heavy atom. The van der Waals surface area contributed by atoms with Crippen molar-refractivity contribution in [2.24, 2.45) is 0 Å². The number of nitrogens with zero attached hydrogens (tertiary/aromatic N) is 2. The molecule has 0 spiro atoms. The molecule has 2 aromatic rings. The molecule has 2 atom stereocenters. The summed E-state index contributed by atoms with van der Waals surface area (Å²) in [5, 5.41) is 0. The third kappa shape index (κ3) is 5.22. The summed E-state index contributed by atoms with van der Waals surface area (Å²) >= 11 is 0. The molecule has 2 unspecified atom stereocenters.